The summed E-state index contributed by atoms with van der Waals surface area (Å²) in [5.74, 6) is -0.249. The Morgan fingerprint density at radius 2 is 2.53 bits per heavy atom. The fraction of sp³-hybridized carbons (Fsp3) is 0.600. The quantitative estimate of drug-likeness (QED) is 0.747. The fourth-order valence-corrected chi connectivity index (χ4v) is 1.52. The minimum Gasteiger partial charge on any atom is -0.464 e. The maximum atomic E-state index is 11.3. The van der Waals surface area contributed by atoms with Gasteiger partial charge in [0.1, 0.15) is 5.82 Å². The van der Waals surface area contributed by atoms with Crippen LogP contribution in [0.2, 0.25) is 0 Å². The molecule has 1 aliphatic rings. The lowest BCUT2D eigenvalue weighted by molar-refractivity contribution is -0.153. The Balaban J connectivity index is 2.13. The number of rotatable bonds is 4. The van der Waals surface area contributed by atoms with Gasteiger partial charge >= 0.3 is 5.97 Å². The van der Waals surface area contributed by atoms with Gasteiger partial charge < -0.3 is 14.4 Å². The molecule has 1 N–H and O–H groups in total. The van der Waals surface area contributed by atoms with Crippen LogP contribution in [-0.4, -0.2) is 27.2 Å². The molecule has 2 rings (SSSR count). The molecular formula is C10H14N2O3. The maximum absolute atomic E-state index is 11.3. The molecule has 1 saturated carbocycles. The van der Waals surface area contributed by atoms with Gasteiger partial charge in [-0.1, -0.05) is 0 Å². The lowest BCUT2D eigenvalue weighted by Crippen LogP contribution is -2.19. The first-order valence-electron chi connectivity index (χ1n) is 5.11. The van der Waals surface area contributed by atoms with Crippen LogP contribution < -0.4 is 0 Å². The molecule has 0 bridgehead atoms. The molecule has 1 heterocycles. The average molecular weight is 210 g/mol. The number of esters is 1. The summed E-state index contributed by atoms with van der Waals surface area (Å²) in [6.07, 6.45) is 4.28. The molecule has 0 radical (unpaired) electrons. The summed E-state index contributed by atoms with van der Waals surface area (Å²) >= 11 is 0. The number of hydrogen-bond donors (Lipinski definition) is 1. The highest BCUT2D eigenvalue weighted by molar-refractivity contribution is 5.75. The van der Waals surface area contributed by atoms with E-state index in [1.165, 1.54) is 0 Å². The van der Waals surface area contributed by atoms with Crippen LogP contribution in [0.4, 0.5) is 0 Å². The van der Waals surface area contributed by atoms with Crippen LogP contribution in [-0.2, 0) is 9.53 Å². The molecule has 0 saturated heterocycles. The Bertz CT molecular complexity index is 357. The van der Waals surface area contributed by atoms with Crippen molar-refractivity contribution in [3.63, 3.8) is 0 Å². The van der Waals surface area contributed by atoms with Gasteiger partial charge in [0.05, 0.1) is 6.61 Å². The van der Waals surface area contributed by atoms with E-state index in [1.807, 2.05) is 4.57 Å². The monoisotopic (exact) mass is 210 g/mol. The minimum atomic E-state index is -1.26. The second-order valence-electron chi connectivity index (χ2n) is 3.58. The first-order valence-corrected chi connectivity index (χ1v) is 5.11. The summed E-state index contributed by atoms with van der Waals surface area (Å²) in [5.41, 5.74) is 0. The summed E-state index contributed by atoms with van der Waals surface area (Å²) in [5, 5.41) is 9.71. The predicted octanol–water partition coefficient (Wildman–Crippen LogP) is 0.815. The van der Waals surface area contributed by atoms with E-state index >= 15 is 0 Å². The third-order valence-corrected chi connectivity index (χ3v) is 2.39. The number of carbonyl (C=O) groups excluding carboxylic acids is 1. The van der Waals surface area contributed by atoms with Gasteiger partial charge in [-0.25, -0.2) is 9.78 Å². The van der Waals surface area contributed by atoms with Gasteiger partial charge in [0.15, 0.2) is 0 Å². The first-order chi connectivity index (χ1) is 7.24. The third kappa shape index (κ3) is 2.02. The Kier molecular flexibility index (Phi) is 2.73. The van der Waals surface area contributed by atoms with Crippen molar-refractivity contribution in [2.75, 3.05) is 6.61 Å². The molecule has 1 atom stereocenters. The molecule has 5 heteroatoms. The molecule has 82 valence electrons. The van der Waals surface area contributed by atoms with Crippen molar-refractivity contribution in [1.82, 2.24) is 9.55 Å². The highest BCUT2D eigenvalue weighted by atomic mass is 16.5. The number of aliphatic hydroxyl groups is 1. The largest absolute Gasteiger partial charge is 0.464 e. The number of ether oxygens (including phenoxy) is 1. The van der Waals surface area contributed by atoms with Crippen molar-refractivity contribution in [3.8, 4) is 0 Å². The number of carbonyl (C=O) groups is 1. The van der Waals surface area contributed by atoms with Crippen molar-refractivity contribution >= 4 is 5.97 Å². The molecule has 1 unspecified atom stereocenters. The zero-order valence-corrected chi connectivity index (χ0v) is 8.59. The van der Waals surface area contributed by atoms with E-state index in [2.05, 4.69) is 4.98 Å². The van der Waals surface area contributed by atoms with Crippen molar-refractivity contribution in [1.29, 1.82) is 0 Å². The van der Waals surface area contributed by atoms with Crippen LogP contribution in [0.25, 0.3) is 0 Å². The zero-order valence-electron chi connectivity index (χ0n) is 8.59. The van der Waals surface area contributed by atoms with E-state index in [0.717, 1.165) is 12.8 Å². The van der Waals surface area contributed by atoms with Crippen LogP contribution in [0.1, 0.15) is 37.7 Å². The van der Waals surface area contributed by atoms with E-state index in [0.29, 0.717) is 11.9 Å². The summed E-state index contributed by atoms with van der Waals surface area (Å²) in [6.45, 7) is 1.97. The Hall–Kier alpha value is -1.36. The molecule has 0 aromatic carbocycles. The van der Waals surface area contributed by atoms with Gasteiger partial charge in [0, 0.05) is 18.4 Å². The number of aliphatic hydroxyl groups excluding tert-OH is 1. The van der Waals surface area contributed by atoms with Crippen LogP contribution in [0.15, 0.2) is 12.4 Å². The highest BCUT2D eigenvalue weighted by Gasteiger charge is 2.30. The smallest absolute Gasteiger partial charge is 0.342 e. The summed E-state index contributed by atoms with van der Waals surface area (Å²) in [7, 11) is 0. The van der Waals surface area contributed by atoms with Crippen LogP contribution in [0, 0.1) is 0 Å². The summed E-state index contributed by atoms with van der Waals surface area (Å²) in [4.78, 5) is 15.3. The molecule has 15 heavy (non-hydrogen) atoms. The number of aromatic nitrogens is 2. The number of imidazole rings is 1. The van der Waals surface area contributed by atoms with Crippen molar-refractivity contribution < 1.29 is 14.6 Å². The Labute approximate surface area is 87.7 Å². The van der Waals surface area contributed by atoms with Gasteiger partial charge in [-0.3, -0.25) is 0 Å². The molecule has 0 spiro atoms. The maximum Gasteiger partial charge on any atom is 0.342 e. The van der Waals surface area contributed by atoms with E-state index in [-0.39, 0.29) is 6.61 Å². The Morgan fingerprint density at radius 1 is 1.80 bits per heavy atom. The van der Waals surface area contributed by atoms with E-state index in [9.17, 15) is 9.90 Å². The second-order valence-corrected chi connectivity index (χ2v) is 3.58. The molecule has 1 aromatic rings. The van der Waals surface area contributed by atoms with Crippen LogP contribution >= 0.6 is 0 Å². The SMILES string of the molecule is CCOC(=O)C(O)c1nccn1C1CC1. The average Bonchev–Trinajstić information content (AvgIpc) is 2.96. The van der Waals surface area contributed by atoms with Crippen molar-refractivity contribution in [2.45, 2.75) is 31.9 Å². The van der Waals surface area contributed by atoms with Crippen molar-refractivity contribution in [2.24, 2.45) is 0 Å². The molecular weight excluding hydrogens is 196 g/mol. The number of hydrogen-bond acceptors (Lipinski definition) is 4. The second kappa shape index (κ2) is 4.02. The minimum absolute atomic E-state index is 0.264. The molecule has 0 amide bonds. The van der Waals surface area contributed by atoms with Gasteiger partial charge in [-0.05, 0) is 19.8 Å². The topological polar surface area (TPSA) is 64.3 Å². The Morgan fingerprint density at radius 3 is 3.13 bits per heavy atom. The molecule has 1 aliphatic carbocycles. The molecule has 1 fully saturated rings. The lowest BCUT2D eigenvalue weighted by Gasteiger charge is -2.11. The van der Waals surface area contributed by atoms with E-state index in [1.54, 1.807) is 19.3 Å². The molecule has 0 aliphatic heterocycles. The fourth-order valence-electron chi connectivity index (χ4n) is 1.52. The van der Waals surface area contributed by atoms with E-state index < -0.39 is 12.1 Å². The van der Waals surface area contributed by atoms with Gasteiger partial charge in [0.2, 0.25) is 6.10 Å². The van der Waals surface area contributed by atoms with Crippen molar-refractivity contribution in [3.05, 3.63) is 18.2 Å². The summed E-state index contributed by atoms with van der Waals surface area (Å²) < 4.78 is 6.59. The van der Waals surface area contributed by atoms with Crippen LogP contribution in [0.3, 0.4) is 0 Å². The first kappa shape index (κ1) is 10.2. The molecule has 5 nitrogen and oxygen atoms in total. The summed E-state index contributed by atoms with van der Waals surface area (Å²) in [6, 6.07) is 0.395. The predicted molar refractivity (Wildman–Crippen MR) is 52.1 cm³/mol. The van der Waals surface area contributed by atoms with Gasteiger partial charge in [-0.15, -0.1) is 0 Å². The normalized spacial score (nSPS) is 17.5. The number of nitrogens with zero attached hydrogens (tertiary/aromatic N) is 2. The molecule has 1 aromatic heterocycles. The third-order valence-electron chi connectivity index (χ3n) is 2.39. The lowest BCUT2D eigenvalue weighted by atomic mass is 10.3. The van der Waals surface area contributed by atoms with Crippen LogP contribution in [0.5, 0.6) is 0 Å². The zero-order chi connectivity index (χ0) is 10.8. The highest BCUT2D eigenvalue weighted by Crippen LogP contribution is 2.36. The van der Waals surface area contributed by atoms with Gasteiger partial charge in [0.25, 0.3) is 0 Å². The van der Waals surface area contributed by atoms with Gasteiger partial charge in [-0.2, -0.15) is 0 Å². The standard InChI is InChI=1S/C10H14N2O3/c1-2-15-10(14)8(13)9-11-5-6-12(9)7-3-4-7/h5-8,13H,2-4H2,1H3. The van der Waals surface area contributed by atoms with E-state index in [4.69, 9.17) is 4.74 Å².